The van der Waals surface area contributed by atoms with Crippen molar-refractivity contribution in [3.05, 3.63) is 94.1 Å². The Morgan fingerprint density at radius 3 is 2.32 bits per heavy atom. The summed E-state index contributed by atoms with van der Waals surface area (Å²) in [6.07, 6.45) is 0. The number of anilines is 2. The summed E-state index contributed by atoms with van der Waals surface area (Å²) >= 11 is 5.99. The number of hydrogen-bond donors (Lipinski definition) is 1. The van der Waals surface area contributed by atoms with E-state index in [-0.39, 0.29) is 18.0 Å². The van der Waals surface area contributed by atoms with Crippen molar-refractivity contribution in [3.8, 4) is 5.75 Å². The summed E-state index contributed by atoms with van der Waals surface area (Å²) in [5.41, 5.74) is 0.935. The largest absolute Gasteiger partial charge is 0.508 e. The van der Waals surface area contributed by atoms with E-state index < -0.39 is 11.8 Å². The Morgan fingerprint density at radius 1 is 1.00 bits per heavy atom. The van der Waals surface area contributed by atoms with Crippen LogP contribution in [0.5, 0.6) is 5.75 Å². The Labute approximate surface area is 165 Å². The second-order valence-electron chi connectivity index (χ2n) is 5.85. The number of benzene rings is 3. The predicted molar refractivity (Wildman–Crippen MR) is 106 cm³/mol. The number of halogens is 2. The third kappa shape index (κ3) is 4.27. The maximum Gasteiger partial charge on any atom is 0.352 e. The van der Waals surface area contributed by atoms with Gasteiger partial charge in [-0.1, -0.05) is 29.8 Å². The minimum Gasteiger partial charge on any atom is -0.508 e. The molecule has 0 spiro atoms. The molecule has 3 aromatic rings. The van der Waals surface area contributed by atoms with Gasteiger partial charge in [-0.2, -0.15) is 0 Å². The molecule has 0 aliphatic heterocycles. The van der Waals surface area contributed by atoms with Crippen molar-refractivity contribution < 1.29 is 14.3 Å². The topological polar surface area (TPSA) is 73.2 Å². The molecule has 0 radical (unpaired) electrons. The number of carbonyl (C=O) groups excluding carboxylic acids is 1. The molecule has 0 fully saturated rings. The fourth-order valence-electron chi connectivity index (χ4n) is 2.62. The zero-order valence-corrected chi connectivity index (χ0v) is 15.3. The number of hydrogen-bond acceptors (Lipinski definition) is 4. The smallest absolute Gasteiger partial charge is 0.352 e. The molecule has 2 amide bonds. The molecule has 0 bridgehead atoms. The van der Waals surface area contributed by atoms with E-state index in [1.807, 2.05) is 0 Å². The molecule has 0 unspecified atom stereocenters. The van der Waals surface area contributed by atoms with Crippen LogP contribution in [0.4, 0.5) is 20.6 Å². The van der Waals surface area contributed by atoms with Gasteiger partial charge in [0.25, 0.3) is 0 Å². The van der Waals surface area contributed by atoms with Crippen molar-refractivity contribution >= 4 is 29.0 Å². The Balaban J connectivity index is 2.02. The fraction of sp³-hybridized carbons (Fsp3) is 0.0500. The zero-order valence-electron chi connectivity index (χ0n) is 14.5. The van der Waals surface area contributed by atoms with E-state index in [2.05, 4.69) is 5.29 Å². The molecule has 1 N–H and O–H groups in total. The number of phenolic OH excluding ortho intramolecular Hbond substituents is 1. The molecule has 0 heterocycles. The molecule has 0 atom stereocenters. The Kier molecular flexibility index (Phi) is 5.86. The van der Waals surface area contributed by atoms with Crippen LogP contribution >= 0.6 is 11.6 Å². The van der Waals surface area contributed by atoms with Crippen LogP contribution in [-0.4, -0.2) is 11.1 Å². The Hall–Kier alpha value is -3.45. The lowest BCUT2D eigenvalue weighted by Gasteiger charge is -2.26. The molecule has 0 aromatic heterocycles. The maximum atomic E-state index is 13.3. The minimum atomic E-state index is -0.771. The molecule has 0 aliphatic carbocycles. The van der Waals surface area contributed by atoms with Gasteiger partial charge in [0, 0.05) is 16.3 Å². The van der Waals surface area contributed by atoms with Crippen LogP contribution in [0.3, 0.4) is 0 Å². The van der Waals surface area contributed by atoms with E-state index in [4.69, 9.17) is 11.6 Å². The van der Waals surface area contributed by atoms with E-state index in [1.165, 1.54) is 47.4 Å². The normalized spacial score (nSPS) is 10.4. The van der Waals surface area contributed by atoms with E-state index in [0.29, 0.717) is 21.3 Å². The fourth-order valence-corrected chi connectivity index (χ4v) is 2.81. The molecule has 6 nitrogen and oxygen atoms in total. The number of nitrogens with zero attached hydrogens (tertiary/aromatic N) is 3. The van der Waals surface area contributed by atoms with Crippen LogP contribution in [-0.2, 0) is 6.54 Å². The molecule has 0 aliphatic rings. The molecule has 0 saturated carbocycles. The van der Waals surface area contributed by atoms with Crippen molar-refractivity contribution in [2.75, 3.05) is 9.91 Å². The van der Waals surface area contributed by atoms with Crippen LogP contribution in [0.1, 0.15) is 5.56 Å². The zero-order chi connectivity index (χ0) is 20.1. The average molecular weight is 400 g/mol. The summed E-state index contributed by atoms with van der Waals surface area (Å²) in [5.74, 6) is -0.551. The second-order valence-corrected chi connectivity index (χ2v) is 6.28. The van der Waals surface area contributed by atoms with E-state index in [0.717, 1.165) is 0 Å². The highest BCUT2D eigenvalue weighted by Crippen LogP contribution is 2.28. The van der Waals surface area contributed by atoms with Gasteiger partial charge in [-0.3, -0.25) is 4.90 Å². The van der Waals surface area contributed by atoms with Gasteiger partial charge in [-0.25, -0.2) is 9.18 Å². The number of phenols is 1. The number of nitroso groups, excluding NO2 is 1. The quantitative estimate of drug-likeness (QED) is 0.454. The molecule has 3 rings (SSSR count). The number of aromatic hydroxyl groups is 1. The number of carbonyl (C=O) groups is 1. The van der Waals surface area contributed by atoms with E-state index in [9.17, 15) is 19.2 Å². The van der Waals surface area contributed by atoms with Gasteiger partial charge < -0.3 is 5.11 Å². The molecular weight excluding hydrogens is 385 g/mol. The first-order chi connectivity index (χ1) is 13.5. The van der Waals surface area contributed by atoms with E-state index >= 15 is 0 Å². The van der Waals surface area contributed by atoms with Gasteiger partial charge in [-0.15, -0.1) is 9.92 Å². The second kappa shape index (κ2) is 8.49. The third-order valence-corrected chi connectivity index (χ3v) is 4.24. The van der Waals surface area contributed by atoms with Gasteiger partial charge in [-0.05, 0) is 54.6 Å². The van der Waals surface area contributed by atoms with Gasteiger partial charge in [0.05, 0.1) is 17.5 Å². The standard InChI is InChI=1S/C20H15ClFN3O3/c21-15-6-11-19(26)14(12-15)13-24(17-9-7-16(22)8-10-17)20(27)25(23-28)18-4-2-1-3-5-18/h1-12,26H,13H2. The van der Waals surface area contributed by atoms with Crippen molar-refractivity contribution in [3.63, 3.8) is 0 Å². The number of urea groups is 1. The summed E-state index contributed by atoms with van der Waals surface area (Å²) in [6, 6.07) is 17.0. The highest BCUT2D eigenvalue weighted by atomic mass is 35.5. The lowest BCUT2D eigenvalue weighted by Crippen LogP contribution is -2.40. The lowest BCUT2D eigenvalue weighted by atomic mass is 10.1. The van der Waals surface area contributed by atoms with E-state index in [1.54, 1.807) is 30.3 Å². The first-order valence-electron chi connectivity index (χ1n) is 8.22. The number of para-hydroxylation sites is 1. The molecule has 142 valence electrons. The first-order valence-corrected chi connectivity index (χ1v) is 8.60. The number of amides is 2. The molecule has 8 heteroatoms. The summed E-state index contributed by atoms with van der Waals surface area (Å²) in [7, 11) is 0. The van der Waals surface area contributed by atoms with Crippen molar-refractivity contribution in [1.29, 1.82) is 0 Å². The SMILES string of the molecule is O=NN(C(=O)N(Cc1cc(Cl)ccc1O)c1ccc(F)cc1)c1ccccc1. The van der Waals surface area contributed by atoms with Crippen LogP contribution in [0.2, 0.25) is 5.02 Å². The maximum absolute atomic E-state index is 13.3. The van der Waals surface area contributed by atoms with Crippen LogP contribution in [0.15, 0.2) is 78.1 Å². The molecule has 3 aromatic carbocycles. The van der Waals surface area contributed by atoms with Crippen LogP contribution < -0.4 is 9.91 Å². The number of rotatable bonds is 5. The van der Waals surface area contributed by atoms with Crippen molar-refractivity contribution in [2.45, 2.75) is 6.54 Å². The molecule has 0 saturated heterocycles. The van der Waals surface area contributed by atoms with Crippen molar-refractivity contribution in [1.82, 2.24) is 0 Å². The molecular formula is C20H15ClFN3O3. The Morgan fingerprint density at radius 2 is 1.68 bits per heavy atom. The van der Waals surface area contributed by atoms with Gasteiger partial charge in [0.15, 0.2) is 0 Å². The van der Waals surface area contributed by atoms with Crippen molar-refractivity contribution in [2.24, 2.45) is 5.29 Å². The van der Waals surface area contributed by atoms with Crippen LogP contribution in [0, 0.1) is 10.7 Å². The Bertz CT molecular complexity index is 984. The molecule has 28 heavy (non-hydrogen) atoms. The monoisotopic (exact) mass is 399 g/mol. The summed E-state index contributed by atoms with van der Waals surface area (Å²) in [5, 5.41) is 14.0. The summed E-state index contributed by atoms with van der Waals surface area (Å²) in [6.45, 7) is -0.115. The summed E-state index contributed by atoms with van der Waals surface area (Å²) < 4.78 is 13.3. The van der Waals surface area contributed by atoms with Gasteiger partial charge in [0.2, 0.25) is 0 Å². The third-order valence-electron chi connectivity index (χ3n) is 4.00. The van der Waals surface area contributed by atoms with Gasteiger partial charge >= 0.3 is 6.03 Å². The predicted octanol–water partition coefficient (Wildman–Crippen LogP) is 5.50. The first kappa shape index (κ1) is 19.3. The lowest BCUT2D eigenvalue weighted by molar-refractivity contribution is 0.251. The van der Waals surface area contributed by atoms with Gasteiger partial charge in [0.1, 0.15) is 11.6 Å². The van der Waals surface area contributed by atoms with Crippen LogP contribution in [0.25, 0.3) is 0 Å². The average Bonchev–Trinajstić information content (AvgIpc) is 2.71. The highest BCUT2D eigenvalue weighted by molar-refractivity contribution is 6.30. The highest BCUT2D eigenvalue weighted by Gasteiger charge is 2.26. The minimum absolute atomic E-state index is 0.0744. The summed E-state index contributed by atoms with van der Waals surface area (Å²) in [4.78, 5) is 25.7.